The van der Waals surface area contributed by atoms with Crippen molar-refractivity contribution in [1.82, 2.24) is 9.97 Å². The van der Waals surface area contributed by atoms with Crippen LogP contribution in [0, 0.1) is 15.9 Å². The van der Waals surface area contributed by atoms with E-state index in [0.29, 0.717) is 22.4 Å². The third-order valence-electron chi connectivity index (χ3n) is 3.78. The number of pyridine rings is 2. The van der Waals surface area contributed by atoms with E-state index in [-0.39, 0.29) is 15.9 Å². The van der Waals surface area contributed by atoms with Crippen LogP contribution in [0.15, 0.2) is 48.9 Å². The van der Waals surface area contributed by atoms with Crippen molar-refractivity contribution in [3.05, 3.63) is 80.5 Å². The topological polar surface area (TPSA) is 78.2 Å². The number of aromatic nitrogens is 2. The molecule has 3 aromatic rings. The summed E-state index contributed by atoms with van der Waals surface area (Å²) in [6.45, 7) is 1.69. The van der Waals surface area contributed by atoms with Crippen LogP contribution in [0.2, 0.25) is 10.0 Å². The molecule has 138 valence electrons. The predicted octanol–water partition coefficient (Wildman–Crippen LogP) is 5.64. The Kier molecular flexibility index (Phi) is 5.53. The number of hydrogen-bond acceptors (Lipinski definition) is 5. The molecule has 0 spiro atoms. The average molecular weight is 408 g/mol. The van der Waals surface area contributed by atoms with Crippen molar-refractivity contribution in [3.63, 3.8) is 0 Å². The maximum atomic E-state index is 13.7. The van der Waals surface area contributed by atoms with Crippen LogP contribution in [0.1, 0.15) is 18.6 Å². The van der Waals surface area contributed by atoms with Gasteiger partial charge in [0.25, 0.3) is 0 Å². The van der Waals surface area contributed by atoms with Gasteiger partial charge in [-0.2, -0.15) is 0 Å². The van der Waals surface area contributed by atoms with Crippen molar-refractivity contribution < 1.29 is 14.1 Å². The molecule has 0 saturated carbocycles. The molecule has 0 bridgehead atoms. The fraction of sp³-hybridized carbons (Fsp3) is 0.111. The molecule has 2 aromatic heterocycles. The highest BCUT2D eigenvalue weighted by atomic mass is 35.5. The Labute approximate surface area is 163 Å². The molecule has 9 heteroatoms. The zero-order valence-corrected chi connectivity index (χ0v) is 15.4. The van der Waals surface area contributed by atoms with Crippen molar-refractivity contribution >= 4 is 29.0 Å². The normalized spacial score (nSPS) is 11.9. The molecule has 0 aliphatic carbocycles. The number of nitrogens with zero attached hydrogens (tertiary/aromatic N) is 3. The molecular formula is C18H12Cl2FN3O3. The van der Waals surface area contributed by atoms with E-state index in [1.165, 1.54) is 30.6 Å². The van der Waals surface area contributed by atoms with E-state index in [2.05, 4.69) is 9.97 Å². The number of benzene rings is 1. The summed E-state index contributed by atoms with van der Waals surface area (Å²) in [7, 11) is 0. The Balaban J connectivity index is 1.86. The lowest BCUT2D eigenvalue weighted by molar-refractivity contribution is -0.389. The van der Waals surface area contributed by atoms with Gasteiger partial charge in [0.1, 0.15) is 23.9 Å². The molecule has 0 fully saturated rings. The van der Waals surface area contributed by atoms with Gasteiger partial charge in [0.2, 0.25) is 0 Å². The minimum absolute atomic E-state index is 0.0984. The highest BCUT2D eigenvalue weighted by molar-refractivity contribution is 6.36. The fourth-order valence-electron chi connectivity index (χ4n) is 2.48. The minimum atomic E-state index is -0.632. The van der Waals surface area contributed by atoms with Gasteiger partial charge in [0, 0.05) is 34.0 Å². The zero-order chi connectivity index (χ0) is 19.6. The standard InChI is InChI=1S/C18H12Cl2FN3O3/c1-10(17-14(19)3-4-15(21)18(17)20)27-13-6-12(7-22-9-13)11-2-5-16(23-8-11)24(25)26/h2-10H,1H3/t10-/m1/s1. The molecule has 0 unspecified atom stereocenters. The Morgan fingerprint density at radius 1 is 1.15 bits per heavy atom. The predicted molar refractivity (Wildman–Crippen MR) is 99.6 cm³/mol. The third kappa shape index (κ3) is 4.15. The molecule has 0 N–H and O–H groups in total. The van der Waals surface area contributed by atoms with E-state index in [0.717, 1.165) is 0 Å². The first-order valence-corrected chi connectivity index (χ1v) is 8.48. The summed E-state index contributed by atoms with van der Waals surface area (Å²) in [6.07, 6.45) is 3.80. The molecule has 1 atom stereocenters. The van der Waals surface area contributed by atoms with E-state index in [4.69, 9.17) is 27.9 Å². The first-order chi connectivity index (χ1) is 12.9. The first-order valence-electron chi connectivity index (χ1n) is 7.72. The summed E-state index contributed by atoms with van der Waals surface area (Å²) in [5.41, 5.74) is 1.62. The highest BCUT2D eigenvalue weighted by Gasteiger charge is 2.19. The highest BCUT2D eigenvalue weighted by Crippen LogP contribution is 2.35. The van der Waals surface area contributed by atoms with Crippen molar-refractivity contribution in [1.29, 1.82) is 0 Å². The van der Waals surface area contributed by atoms with Crippen molar-refractivity contribution in [2.24, 2.45) is 0 Å². The molecule has 1 aromatic carbocycles. The largest absolute Gasteiger partial charge is 0.484 e. The lowest BCUT2D eigenvalue weighted by Crippen LogP contribution is -2.06. The second-order valence-electron chi connectivity index (χ2n) is 5.59. The van der Waals surface area contributed by atoms with Gasteiger partial charge in [-0.25, -0.2) is 4.39 Å². The van der Waals surface area contributed by atoms with Gasteiger partial charge in [-0.1, -0.05) is 23.2 Å². The maximum absolute atomic E-state index is 13.7. The molecule has 27 heavy (non-hydrogen) atoms. The number of rotatable bonds is 5. The molecule has 6 nitrogen and oxygen atoms in total. The number of halogens is 3. The van der Waals surface area contributed by atoms with Crippen LogP contribution >= 0.6 is 23.2 Å². The monoisotopic (exact) mass is 407 g/mol. The Morgan fingerprint density at radius 2 is 1.93 bits per heavy atom. The van der Waals surface area contributed by atoms with Crippen LogP contribution in [0.4, 0.5) is 10.2 Å². The van der Waals surface area contributed by atoms with E-state index in [1.54, 1.807) is 25.3 Å². The van der Waals surface area contributed by atoms with Crippen molar-refractivity contribution in [2.75, 3.05) is 0 Å². The third-order valence-corrected chi connectivity index (χ3v) is 4.49. The van der Waals surface area contributed by atoms with Gasteiger partial charge in [-0.15, -0.1) is 0 Å². The van der Waals surface area contributed by atoms with Gasteiger partial charge < -0.3 is 14.9 Å². The Hall–Kier alpha value is -2.77. The van der Waals surface area contributed by atoms with E-state index in [1.807, 2.05) is 0 Å². The summed E-state index contributed by atoms with van der Waals surface area (Å²) >= 11 is 12.1. The van der Waals surface area contributed by atoms with E-state index in [9.17, 15) is 14.5 Å². The number of nitro groups is 1. The molecular weight excluding hydrogens is 396 g/mol. The quantitative estimate of drug-likeness (QED) is 0.310. The molecule has 2 heterocycles. The van der Waals surface area contributed by atoms with Crippen LogP contribution < -0.4 is 4.74 Å². The van der Waals surface area contributed by atoms with Gasteiger partial charge in [0.05, 0.1) is 11.2 Å². The molecule has 0 amide bonds. The maximum Gasteiger partial charge on any atom is 0.363 e. The molecule has 0 saturated heterocycles. The Morgan fingerprint density at radius 3 is 2.59 bits per heavy atom. The summed E-state index contributed by atoms with van der Waals surface area (Å²) < 4.78 is 19.5. The second kappa shape index (κ2) is 7.85. The average Bonchev–Trinajstić information content (AvgIpc) is 2.65. The molecule has 3 rings (SSSR count). The van der Waals surface area contributed by atoms with E-state index < -0.39 is 16.8 Å². The van der Waals surface area contributed by atoms with Gasteiger partial charge in [-0.3, -0.25) is 4.98 Å². The summed E-state index contributed by atoms with van der Waals surface area (Å²) in [5.74, 6) is -0.437. The van der Waals surface area contributed by atoms with Crippen LogP contribution in [-0.4, -0.2) is 14.9 Å². The summed E-state index contributed by atoms with van der Waals surface area (Å²) in [5, 5.41) is 10.9. The van der Waals surface area contributed by atoms with Crippen LogP contribution in [0.25, 0.3) is 11.1 Å². The summed E-state index contributed by atoms with van der Waals surface area (Å²) in [6, 6.07) is 7.15. The van der Waals surface area contributed by atoms with Gasteiger partial charge >= 0.3 is 5.82 Å². The molecule has 0 aliphatic heterocycles. The van der Waals surface area contributed by atoms with Gasteiger partial charge in [0.15, 0.2) is 0 Å². The molecule has 0 radical (unpaired) electrons. The smallest absolute Gasteiger partial charge is 0.363 e. The zero-order valence-electron chi connectivity index (χ0n) is 13.9. The minimum Gasteiger partial charge on any atom is -0.484 e. The molecule has 0 aliphatic rings. The van der Waals surface area contributed by atoms with Crippen molar-refractivity contribution in [3.8, 4) is 16.9 Å². The number of ether oxygens (including phenoxy) is 1. The number of hydrogen-bond donors (Lipinski definition) is 0. The Bertz CT molecular complexity index is 1000. The van der Waals surface area contributed by atoms with E-state index >= 15 is 0 Å². The van der Waals surface area contributed by atoms with Crippen LogP contribution in [0.5, 0.6) is 5.75 Å². The fourth-order valence-corrected chi connectivity index (χ4v) is 3.16. The second-order valence-corrected chi connectivity index (χ2v) is 6.37. The SMILES string of the molecule is C[C@@H](Oc1cncc(-c2ccc([N+](=O)[O-])nc2)c1)c1c(Cl)ccc(F)c1Cl. The van der Waals surface area contributed by atoms with Crippen molar-refractivity contribution in [2.45, 2.75) is 13.0 Å². The van der Waals surface area contributed by atoms with Gasteiger partial charge in [-0.05, 0) is 41.1 Å². The van der Waals surface area contributed by atoms with Crippen LogP contribution in [0.3, 0.4) is 0 Å². The van der Waals surface area contributed by atoms with Crippen LogP contribution in [-0.2, 0) is 0 Å². The lowest BCUT2D eigenvalue weighted by atomic mass is 10.1. The summed E-state index contributed by atoms with van der Waals surface area (Å²) in [4.78, 5) is 18.0. The first kappa shape index (κ1) is 19.0. The lowest BCUT2D eigenvalue weighted by Gasteiger charge is -2.18.